The summed E-state index contributed by atoms with van der Waals surface area (Å²) in [5, 5.41) is 2.89. The summed E-state index contributed by atoms with van der Waals surface area (Å²) in [5.74, 6) is -0.418. The maximum Gasteiger partial charge on any atom is 0.311 e. The number of esters is 1. The molecule has 0 spiro atoms. The number of hydrogen-bond donors (Lipinski definition) is 1. The minimum atomic E-state index is -0.804. The van der Waals surface area contributed by atoms with Crippen LogP contribution < -0.4 is 5.32 Å². The summed E-state index contributed by atoms with van der Waals surface area (Å²) in [6, 6.07) is 17.8. The SMILES string of the molecule is CC[C@@H](CNC(=O)[C@@H](C)OC(=O)Cc1ccc(C)cc1)c1ccccc1. The van der Waals surface area contributed by atoms with E-state index in [1.54, 1.807) is 6.92 Å². The minimum absolute atomic E-state index is 0.166. The third-order valence-corrected chi connectivity index (χ3v) is 4.43. The van der Waals surface area contributed by atoms with Crippen LogP contribution in [0, 0.1) is 6.92 Å². The van der Waals surface area contributed by atoms with Crippen molar-refractivity contribution in [1.29, 1.82) is 0 Å². The lowest BCUT2D eigenvalue weighted by atomic mass is 9.96. The van der Waals surface area contributed by atoms with E-state index in [1.165, 1.54) is 5.56 Å². The van der Waals surface area contributed by atoms with Crippen molar-refractivity contribution in [2.75, 3.05) is 6.54 Å². The Hall–Kier alpha value is -2.62. The van der Waals surface area contributed by atoms with Crippen LogP contribution in [-0.4, -0.2) is 24.5 Å². The van der Waals surface area contributed by atoms with Gasteiger partial charge in [-0.15, -0.1) is 0 Å². The molecule has 0 saturated heterocycles. The van der Waals surface area contributed by atoms with Crippen molar-refractivity contribution in [3.63, 3.8) is 0 Å². The van der Waals surface area contributed by atoms with E-state index in [9.17, 15) is 9.59 Å². The molecule has 1 amide bonds. The van der Waals surface area contributed by atoms with Gasteiger partial charge in [0.1, 0.15) is 0 Å². The van der Waals surface area contributed by atoms with Gasteiger partial charge in [0.05, 0.1) is 6.42 Å². The summed E-state index contributed by atoms with van der Waals surface area (Å²) in [6.07, 6.45) is 0.284. The summed E-state index contributed by atoms with van der Waals surface area (Å²) < 4.78 is 5.27. The third-order valence-electron chi connectivity index (χ3n) is 4.43. The zero-order valence-electron chi connectivity index (χ0n) is 15.7. The largest absolute Gasteiger partial charge is 0.452 e. The van der Waals surface area contributed by atoms with Crippen LogP contribution in [0.4, 0.5) is 0 Å². The highest BCUT2D eigenvalue weighted by Crippen LogP contribution is 2.18. The standard InChI is InChI=1S/C22H27NO3/c1-4-19(20-8-6-5-7-9-20)15-23-22(25)17(3)26-21(24)14-18-12-10-16(2)11-13-18/h5-13,17,19H,4,14-15H2,1-3H3,(H,23,25)/t17-,19+/m1/s1. The zero-order valence-corrected chi connectivity index (χ0v) is 15.7. The predicted molar refractivity (Wildman–Crippen MR) is 103 cm³/mol. The van der Waals surface area contributed by atoms with Gasteiger partial charge in [-0.25, -0.2) is 0 Å². The molecule has 0 heterocycles. The fraction of sp³-hybridized carbons (Fsp3) is 0.364. The molecule has 2 rings (SSSR count). The van der Waals surface area contributed by atoms with Crippen molar-refractivity contribution in [2.24, 2.45) is 0 Å². The van der Waals surface area contributed by atoms with E-state index in [1.807, 2.05) is 49.4 Å². The maximum atomic E-state index is 12.2. The molecule has 0 aliphatic rings. The van der Waals surface area contributed by atoms with E-state index < -0.39 is 12.1 Å². The van der Waals surface area contributed by atoms with E-state index >= 15 is 0 Å². The van der Waals surface area contributed by atoms with E-state index in [-0.39, 0.29) is 18.2 Å². The van der Waals surface area contributed by atoms with Gasteiger partial charge in [-0.3, -0.25) is 9.59 Å². The number of carbonyl (C=O) groups excluding carboxylic acids is 2. The molecule has 138 valence electrons. The average Bonchev–Trinajstić information content (AvgIpc) is 2.64. The van der Waals surface area contributed by atoms with Crippen LogP contribution in [0.5, 0.6) is 0 Å². The second-order valence-corrected chi connectivity index (χ2v) is 6.56. The Morgan fingerprint density at radius 1 is 1.04 bits per heavy atom. The Morgan fingerprint density at radius 3 is 2.31 bits per heavy atom. The highest BCUT2D eigenvalue weighted by atomic mass is 16.5. The summed E-state index contributed by atoms with van der Waals surface area (Å²) >= 11 is 0. The van der Waals surface area contributed by atoms with Gasteiger partial charge in [0.15, 0.2) is 6.10 Å². The predicted octanol–water partition coefficient (Wildman–Crippen LogP) is 3.78. The van der Waals surface area contributed by atoms with Crippen LogP contribution in [0.2, 0.25) is 0 Å². The number of rotatable bonds is 8. The van der Waals surface area contributed by atoms with Crippen molar-refractivity contribution < 1.29 is 14.3 Å². The Kier molecular flexibility index (Phi) is 7.39. The van der Waals surface area contributed by atoms with Gasteiger partial charge in [-0.05, 0) is 31.4 Å². The number of aryl methyl sites for hydroxylation is 1. The van der Waals surface area contributed by atoms with Crippen molar-refractivity contribution in [2.45, 2.75) is 45.6 Å². The molecule has 0 aromatic heterocycles. The second-order valence-electron chi connectivity index (χ2n) is 6.56. The first-order valence-electron chi connectivity index (χ1n) is 9.07. The lowest BCUT2D eigenvalue weighted by molar-refractivity contribution is -0.154. The minimum Gasteiger partial charge on any atom is -0.452 e. The maximum absolute atomic E-state index is 12.2. The first-order chi connectivity index (χ1) is 12.5. The molecule has 26 heavy (non-hydrogen) atoms. The first kappa shape index (κ1) is 19.7. The molecule has 2 aromatic carbocycles. The van der Waals surface area contributed by atoms with Gasteiger partial charge in [-0.2, -0.15) is 0 Å². The molecule has 0 aliphatic heterocycles. The molecule has 4 heteroatoms. The van der Waals surface area contributed by atoms with Gasteiger partial charge >= 0.3 is 5.97 Å². The molecule has 4 nitrogen and oxygen atoms in total. The van der Waals surface area contributed by atoms with Crippen LogP contribution in [0.15, 0.2) is 54.6 Å². The van der Waals surface area contributed by atoms with Gasteiger partial charge in [0, 0.05) is 12.5 Å². The Morgan fingerprint density at radius 2 is 1.69 bits per heavy atom. The van der Waals surface area contributed by atoms with E-state index in [4.69, 9.17) is 4.74 Å². The average molecular weight is 353 g/mol. The molecule has 1 N–H and O–H groups in total. The Balaban J connectivity index is 1.81. The van der Waals surface area contributed by atoms with Gasteiger partial charge in [0.25, 0.3) is 5.91 Å². The number of hydrogen-bond acceptors (Lipinski definition) is 3. The fourth-order valence-corrected chi connectivity index (χ4v) is 2.76. The normalized spacial score (nSPS) is 12.9. The molecular formula is C22H27NO3. The molecular weight excluding hydrogens is 326 g/mol. The van der Waals surface area contributed by atoms with E-state index in [0.29, 0.717) is 6.54 Å². The number of nitrogens with one attached hydrogen (secondary N) is 1. The van der Waals surface area contributed by atoms with Crippen LogP contribution in [-0.2, 0) is 20.7 Å². The Bertz CT molecular complexity index is 710. The summed E-state index contributed by atoms with van der Waals surface area (Å²) in [7, 11) is 0. The molecule has 2 atom stereocenters. The number of carbonyl (C=O) groups is 2. The lowest BCUT2D eigenvalue weighted by Gasteiger charge is -2.18. The highest BCUT2D eigenvalue weighted by molar-refractivity contribution is 5.83. The molecule has 2 aromatic rings. The number of benzene rings is 2. The van der Waals surface area contributed by atoms with Crippen molar-refractivity contribution in [3.8, 4) is 0 Å². The second kappa shape index (κ2) is 9.76. The van der Waals surface area contributed by atoms with Gasteiger partial charge in [-0.1, -0.05) is 67.1 Å². The van der Waals surface area contributed by atoms with Crippen molar-refractivity contribution in [3.05, 3.63) is 71.3 Å². The smallest absolute Gasteiger partial charge is 0.311 e. The van der Waals surface area contributed by atoms with Crippen molar-refractivity contribution >= 4 is 11.9 Å². The first-order valence-corrected chi connectivity index (χ1v) is 9.07. The molecule has 0 bridgehead atoms. The van der Waals surface area contributed by atoms with Crippen LogP contribution in [0.1, 0.15) is 42.9 Å². The summed E-state index contributed by atoms with van der Waals surface area (Å²) in [5.41, 5.74) is 3.21. The lowest BCUT2D eigenvalue weighted by Crippen LogP contribution is -2.38. The number of ether oxygens (including phenoxy) is 1. The summed E-state index contributed by atoms with van der Waals surface area (Å²) in [4.78, 5) is 24.3. The van der Waals surface area contributed by atoms with E-state index in [2.05, 4.69) is 24.4 Å². The summed E-state index contributed by atoms with van der Waals surface area (Å²) in [6.45, 7) is 6.22. The number of amides is 1. The van der Waals surface area contributed by atoms with Crippen molar-refractivity contribution in [1.82, 2.24) is 5.32 Å². The molecule has 0 radical (unpaired) electrons. The van der Waals surface area contributed by atoms with Crippen LogP contribution in [0.25, 0.3) is 0 Å². The van der Waals surface area contributed by atoms with Crippen LogP contribution >= 0.6 is 0 Å². The molecule has 0 unspecified atom stereocenters. The molecule has 0 aliphatic carbocycles. The van der Waals surface area contributed by atoms with Crippen LogP contribution in [0.3, 0.4) is 0 Å². The van der Waals surface area contributed by atoms with Gasteiger partial charge in [0.2, 0.25) is 0 Å². The fourth-order valence-electron chi connectivity index (χ4n) is 2.76. The molecule has 0 fully saturated rings. The Labute approximate surface area is 155 Å². The highest BCUT2D eigenvalue weighted by Gasteiger charge is 2.19. The molecule has 0 saturated carbocycles. The quantitative estimate of drug-likeness (QED) is 0.735. The van der Waals surface area contributed by atoms with E-state index in [0.717, 1.165) is 17.5 Å². The third kappa shape index (κ3) is 6.03. The monoisotopic (exact) mass is 353 g/mol. The topological polar surface area (TPSA) is 55.4 Å². The zero-order chi connectivity index (χ0) is 18.9. The van der Waals surface area contributed by atoms with Gasteiger partial charge < -0.3 is 10.1 Å².